The fraction of sp³-hybridized carbons (Fsp3) is 0.875. The van der Waals surface area contributed by atoms with Crippen LogP contribution < -0.4 is 0 Å². The van der Waals surface area contributed by atoms with Crippen LogP contribution >= 0.6 is 0 Å². The SMILES string of the molecule is CN1CCCC(C(=O)CS(=O)(=O)O)C1. The molecule has 1 unspecified atom stereocenters. The van der Waals surface area contributed by atoms with Gasteiger partial charge in [0.25, 0.3) is 10.1 Å². The standard InChI is InChI=1S/C8H15NO4S/c1-9-4-2-3-7(5-9)8(10)6-14(11,12)13/h7H,2-6H2,1H3,(H,11,12,13). The Bertz CT molecular complexity index is 311. The molecule has 5 nitrogen and oxygen atoms in total. The third-order valence-corrected chi connectivity index (χ3v) is 3.05. The van der Waals surface area contributed by atoms with Gasteiger partial charge in [-0.15, -0.1) is 0 Å². The molecule has 0 radical (unpaired) electrons. The van der Waals surface area contributed by atoms with Crippen molar-refractivity contribution in [1.82, 2.24) is 4.90 Å². The van der Waals surface area contributed by atoms with Crippen LogP contribution in [0.25, 0.3) is 0 Å². The van der Waals surface area contributed by atoms with Gasteiger partial charge in [0, 0.05) is 12.5 Å². The maximum absolute atomic E-state index is 11.4. The molecular formula is C8H15NO4S. The molecule has 1 atom stereocenters. The zero-order valence-electron chi connectivity index (χ0n) is 8.14. The van der Waals surface area contributed by atoms with Gasteiger partial charge in [0.15, 0.2) is 5.78 Å². The van der Waals surface area contributed by atoms with E-state index < -0.39 is 15.9 Å². The van der Waals surface area contributed by atoms with Crippen LogP contribution in [0, 0.1) is 5.92 Å². The van der Waals surface area contributed by atoms with Gasteiger partial charge < -0.3 is 4.90 Å². The summed E-state index contributed by atoms with van der Waals surface area (Å²) in [7, 11) is -2.26. The number of carbonyl (C=O) groups is 1. The van der Waals surface area contributed by atoms with E-state index in [2.05, 4.69) is 0 Å². The lowest BCUT2D eigenvalue weighted by atomic mass is 9.95. The number of rotatable bonds is 3. The van der Waals surface area contributed by atoms with Gasteiger partial charge in [-0.2, -0.15) is 8.42 Å². The van der Waals surface area contributed by atoms with E-state index in [1.807, 2.05) is 11.9 Å². The van der Waals surface area contributed by atoms with E-state index in [1.165, 1.54) is 0 Å². The maximum atomic E-state index is 11.4. The summed E-state index contributed by atoms with van der Waals surface area (Å²) in [6, 6.07) is 0. The van der Waals surface area contributed by atoms with Gasteiger partial charge in [-0.1, -0.05) is 0 Å². The molecular weight excluding hydrogens is 206 g/mol. The van der Waals surface area contributed by atoms with E-state index in [0.717, 1.165) is 19.4 Å². The van der Waals surface area contributed by atoms with E-state index >= 15 is 0 Å². The second-order valence-corrected chi connectivity index (χ2v) is 5.25. The third kappa shape index (κ3) is 3.73. The summed E-state index contributed by atoms with van der Waals surface area (Å²) in [6.07, 6.45) is 1.62. The Morgan fingerprint density at radius 2 is 2.21 bits per heavy atom. The predicted molar refractivity (Wildman–Crippen MR) is 51.6 cm³/mol. The van der Waals surface area contributed by atoms with Crippen molar-refractivity contribution in [3.8, 4) is 0 Å². The van der Waals surface area contributed by atoms with Gasteiger partial charge in [0.2, 0.25) is 0 Å². The largest absolute Gasteiger partial charge is 0.306 e. The minimum atomic E-state index is -4.16. The highest BCUT2D eigenvalue weighted by Gasteiger charge is 2.26. The van der Waals surface area contributed by atoms with Crippen LogP contribution in [0.15, 0.2) is 0 Å². The number of ketones is 1. The molecule has 1 saturated heterocycles. The van der Waals surface area contributed by atoms with E-state index in [1.54, 1.807) is 0 Å². The van der Waals surface area contributed by atoms with Gasteiger partial charge in [-0.25, -0.2) is 0 Å². The minimum absolute atomic E-state index is 0.240. The zero-order valence-corrected chi connectivity index (χ0v) is 8.96. The molecule has 0 aliphatic carbocycles. The first-order chi connectivity index (χ1) is 6.38. The predicted octanol–water partition coefficient (Wildman–Crippen LogP) is -0.215. The van der Waals surface area contributed by atoms with Crippen LogP contribution in [0.1, 0.15) is 12.8 Å². The Morgan fingerprint density at radius 1 is 1.57 bits per heavy atom. The molecule has 1 aliphatic heterocycles. The Morgan fingerprint density at radius 3 is 2.71 bits per heavy atom. The van der Waals surface area contributed by atoms with Crippen molar-refractivity contribution in [1.29, 1.82) is 0 Å². The van der Waals surface area contributed by atoms with E-state index in [9.17, 15) is 13.2 Å². The Labute approximate surface area is 83.8 Å². The number of Topliss-reactive ketones (excluding diaryl/α,β-unsaturated/α-hetero) is 1. The second kappa shape index (κ2) is 4.37. The van der Waals surface area contributed by atoms with Crippen molar-refractivity contribution in [3.05, 3.63) is 0 Å². The first-order valence-electron chi connectivity index (χ1n) is 4.55. The quantitative estimate of drug-likeness (QED) is 0.667. The summed E-state index contributed by atoms with van der Waals surface area (Å²) in [6.45, 7) is 1.53. The summed E-state index contributed by atoms with van der Waals surface area (Å²) < 4.78 is 29.5. The van der Waals surface area contributed by atoms with Crippen molar-refractivity contribution in [2.45, 2.75) is 12.8 Å². The normalized spacial score (nSPS) is 24.9. The highest BCUT2D eigenvalue weighted by molar-refractivity contribution is 7.86. The van der Waals surface area contributed by atoms with E-state index in [0.29, 0.717) is 6.54 Å². The molecule has 1 aliphatic rings. The van der Waals surface area contributed by atoms with E-state index in [4.69, 9.17) is 4.55 Å². The van der Waals surface area contributed by atoms with Gasteiger partial charge in [-0.05, 0) is 26.4 Å². The van der Waals surface area contributed by atoms with Crippen molar-refractivity contribution in [2.24, 2.45) is 5.92 Å². The summed E-state index contributed by atoms with van der Waals surface area (Å²) in [4.78, 5) is 13.4. The summed E-state index contributed by atoms with van der Waals surface area (Å²) in [5.41, 5.74) is 0. The average Bonchev–Trinajstić information content (AvgIpc) is 2.01. The smallest absolute Gasteiger partial charge is 0.272 e. The third-order valence-electron chi connectivity index (χ3n) is 2.40. The molecule has 1 heterocycles. The molecule has 0 aromatic heterocycles. The van der Waals surface area contributed by atoms with Crippen LogP contribution in [0.4, 0.5) is 0 Å². The zero-order chi connectivity index (χ0) is 10.8. The molecule has 1 rings (SSSR count). The number of likely N-dealkylation sites (tertiary alicyclic amines) is 1. The first kappa shape index (κ1) is 11.6. The van der Waals surface area contributed by atoms with Crippen molar-refractivity contribution >= 4 is 15.9 Å². The molecule has 0 saturated carbocycles. The Hall–Kier alpha value is -0.460. The molecule has 14 heavy (non-hydrogen) atoms. The molecule has 0 aromatic rings. The minimum Gasteiger partial charge on any atom is -0.306 e. The Kier molecular flexibility index (Phi) is 3.63. The van der Waals surface area contributed by atoms with Gasteiger partial charge in [0.1, 0.15) is 5.75 Å². The summed E-state index contributed by atoms with van der Waals surface area (Å²) in [5, 5.41) is 0. The van der Waals surface area contributed by atoms with Crippen molar-refractivity contribution in [2.75, 3.05) is 25.9 Å². The number of piperidine rings is 1. The molecule has 1 fully saturated rings. The van der Waals surface area contributed by atoms with E-state index in [-0.39, 0.29) is 11.7 Å². The number of nitrogens with zero attached hydrogens (tertiary/aromatic N) is 1. The second-order valence-electron chi connectivity index (χ2n) is 3.79. The monoisotopic (exact) mass is 221 g/mol. The lowest BCUT2D eigenvalue weighted by Gasteiger charge is -2.28. The number of hydrogen-bond acceptors (Lipinski definition) is 4. The summed E-state index contributed by atoms with van der Waals surface area (Å²) >= 11 is 0. The Balaban J connectivity index is 2.52. The highest BCUT2D eigenvalue weighted by atomic mass is 32.2. The topological polar surface area (TPSA) is 74.7 Å². The molecule has 6 heteroatoms. The van der Waals surface area contributed by atoms with Crippen LogP contribution in [0.5, 0.6) is 0 Å². The fourth-order valence-corrected chi connectivity index (χ4v) is 2.32. The lowest BCUT2D eigenvalue weighted by molar-refractivity contribution is -0.121. The van der Waals surface area contributed by atoms with Crippen molar-refractivity contribution < 1.29 is 17.8 Å². The average molecular weight is 221 g/mol. The van der Waals surface area contributed by atoms with Gasteiger partial charge in [-0.3, -0.25) is 9.35 Å². The highest BCUT2D eigenvalue weighted by Crippen LogP contribution is 2.16. The van der Waals surface area contributed by atoms with Crippen LogP contribution in [0.2, 0.25) is 0 Å². The van der Waals surface area contributed by atoms with Crippen LogP contribution in [-0.2, 0) is 14.9 Å². The van der Waals surface area contributed by atoms with Gasteiger partial charge in [0.05, 0.1) is 0 Å². The fourth-order valence-electron chi connectivity index (χ4n) is 1.73. The molecule has 1 N–H and O–H groups in total. The molecule has 0 spiro atoms. The number of carbonyl (C=O) groups excluding carboxylic acids is 1. The number of hydrogen-bond donors (Lipinski definition) is 1. The van der Waals surface area contributed by atoms with Crippen molar-refractivity contribution in [3.63, 3.8) is 0 Å². The van der Waals surface area contributed by atoms with Crippen LogP contribution in [-0.4, -0.2) is 49.5 Å². The summed E-state index contributed by atoms with van der Waals surface area (Å²) in [5.74, 6) is -1.36. The lowest BCUT2D eigenvalue weighted by Crippen LogP contribution is -2.38. The molecule has 0 amide bonds. The van der Waals surface area contributed by atoms with Gasteiger partial charge >= 0.3 is 0 Å². The molecule has 0 bridgehead atoms. The first-order valence-corrected chi connectivity index (χ1v) is 6.16. The molecule has 82 valence electrons. The molecule has 0 aromatic carbocycles. The maximum Gasteiger partial charge on any atom is 0.272 e. The van der Waals surface area contributed by atoms with Crippen LogP contribution in [0.3, 0.4) is 0 Å².